The van der Waals surface area contributed by atoms with Gasteiger partial charge in [-0.25, -0.2) is 4.98 Å². The van der Waals surface area contributed by atoms with Crippen LogP contribution in [0.25, 0.3) is 11.0 Å². The Bertz CT molecular complexity index is 1070. The third-order valence-electron chi connectivity index (χ3n) is 4.69. The molecular formula is C22H22N4OS. The molecule has 0 aliphatic carbocycles. The van der Waals surface area contributed by atoms with Crippen LogP contribution in [0.3, 0.4) is 0 Å². The lowest BCUT2D eigenvalue weighted by Crippen LogP contribution is -2.30. The van der Waals surface area contributed by atoms with Gasteiger partial charge in [-0.1, -0.05) is 18.2 Å². The maximum atomic E-state index is 13.1. The number of hydrogen-bond acceptors (Lipinski definition) is 4. The lowest BCUT2D eigenvalue weighted by molar-refractivity contribution is -0.132. The Morgan fingerprint density at radius 2 is 2.00 bits per heavy atom. The first-order valence-corrected chi connectivity index (χ1v) is 10.1. The van der Waals surface area contributed by atoms with E-state index in [1.54, 1.807) is 17.5 Å². The van der Waals surface area contributed by atoms with Crippen molar-refractivity contribution in [2.75, 3.05) is 0 Å². The maximum absolute atomic E-state index is 13.1. The highest BCUT2D eigenvalue weighted by Gasteiger charge is 2.16. The molecule has 0 atom stereocenters. The molecule has 0 spiro atoms. The minimum atomic E-state index is 0.132. The molecule has 4 aromatic rings. The van der Waals surface area contributed by atoms with Gasteiger partial charge in [-0.15, -0.1) is 11.3 Å². The van der Waals surface area contributed by atoms with Gasteiger partial charge in [0.2, 0.25) is 5.91 Å². The van der Waals surface area contributed by atoms with Crippen LogP contribution in [0, 0.1) is 6.92 Å². The summed E-state index contributed by atoms with van der Waals surface area (Å²) in [6, 6.07) is 16.1. The Hall–Kier alpha value is -2.99. The fourth-order valence-corrected chi connectivity index (χ4v) is 4.17. The van der Waals surface area contributed by atoms with Crippen molar-refractivity contribution >= 4 is 28.3 Å². The van der Waals surface area contributed by atoms with Crippen LogP contribution in [0.2, 0.25) is 0 Å². The number of carbonyl (C=O) groups excluding carboxylic acids is 1. The number of aryl methyl sites for hydroxylation is 2. The van der Waals surface area contributed by atoms with Gasteiger partial charge >= 0.3 is 0 Å². The molecule has 3 aromatic heterocycles. The second kappa shape index (κ2) is 8.35. The van der Waals surface area contributed by atoms with E-state index < -0.39 is 0 Å². The van der Waals surface area contributed by atoms with E-state index in [-0.39, 0.29) is 5.91 Å². The molecule has 0 aliphatic heterocycles. The first-order valence-electron chi connectivity index (χ1n) is 9.31. The van der Waals surface area contributed by atoms with Crippen LogP contribution in [0.4, 0.5) is 0 Å². The predicted molar refractivity (Wildman–Crippen MR) is 112 cm³/mol. The normalized spacial score (nSPS) is 11.0. The van der Waals surface area contributed by atoms with Gasteiger partial charge in [0, 0.05) is 41.7 Å². The first kappa shape index (κ1) is 18.4. The van der Waals surface area contributed by atoms with Crippen molar-refractivity contribution in [3.05, 3.63) is 82.6 Å². The van der Waals surface area contributed by atoms with Crippen LogP contribution in [0.5, 0.6) is 0 Å². The minimum absolute atomic E-state index is 0.132. The summed E-state index contributed by atoms with van der Waals surface area (Å²) in [5.41, 5.74) is 3.05. The van der Waals surface area contributed by atoms with Crippen LogP contribution in [-0.2, 0) is 24.4 Å². The third-order valence-corrected chi connectivity index (χ3v) is 5.67. The van der Waals surface area contributed by atoms with Crippen molar-refractivity contribution in [1.82, 2.24) is 19.4 Å². The molecule has 0 saturated carbocycles. The smallest absolute Gasteiger partial charge is 0.224 e. The minimum Gasteiger partial charge on any atom is -0.333 e. The van der Waals surface area contributed by atoms with Gasteiger partial charge < -0.3 is 9.47 Å². The second-order valence-electron chi connectivity index (χ2n) is 6.80. The predicted octanol–water partition coefficient (Wildman–Crippen LogP) is 4.42. The molecule has 5 nitrogen and oxygen atoms in total. The van der Waals surface area contributed by atoms with Crippen molar-refractivity contribution in [3.8, 4) is 0 Å². The number of hydrogen-bond donors (Lipinski definition) is 0. The monoisotopic (exact) mass is 390 g/mol. The third kappa shape index (κ3) is 4.28. The topological polar surface area (TPSA) is 51.0 Å². The number of pyridine rings is 1. The highest BCUT2D eigenvalue weighted by Crippen LogP contribution is 2.19. The Morgan fingerprint density at radius 3 is 2.79 bits per heavy atom. The zero-order chi connectivity index (χ0) is 19.3. The molecule has 0 saturated heterocycles. The van der Waals surface area contributed by atoms with Gasteiger partial charge in [0.15, 0.2) is 0 Å². The number of amides is 1. The number of aromatic nitrogens is 3. The maximum Gasteiger partial charge on any atom is 0.224 e. The second-order valence-corrected chi connectivity index (χ2v) is 8.17. The standard InChI is InChI=1S/C22H22N4OS/c1-17-8-9-19(28-17)15-26(14-18-5-4-11-23-13-18)22(27)10-12-25-16-24-20-6-2-3-7-21(20)25/h2-9,11,13,16H,10,12,14-15H2,1H3. The van der Waals surface area contributed by atoms with Gasteiger partial charge in [-0.3, -0.25) is 9.78 Å². The molecule has 0 aliphatic rings. The average molecular weight is 391 g/mol. The number of nitrogens with zero attached hydrogens (tertiary/aromatic N) is 4. The van der Waals surface area contributed by atoms with Crippen LogP contribution < -0.4 is 0 Å². The number of carbonyl (C=O) groups is 1. The highest BCUT2D eigenvalue weighted by molar-refractivity contribution is 7.11. The lowest BCUT2D eigenvalue weighted by atomic mass is 10.2. The summed E-state index contributed by atoms with van der Waals surface area (Å²) >= 11 is 1.74. The van der Waals surface area contributed by atoms with Crippen molar-refractivity contribution in [1.29, 1.82) is 0 Å². The largest absolute Gasteiger partial charge is 0.333 e. The molecule has 0 fully saturated rings. The molecule has 0 bridgehead atoms. The Morgan fingerprint density at radius 1 is 1.11 bits per heavy atom. The molecule has 4 rings (SSSR count). The number of rotatable bonds is 7. The molecule has 142 valence electrons. The Labute approximate surface area is 168 Å². The summed E-state index contributed by atoms with van der Waals surface area (Å²) in [4.78, 5) is 26.0. The molecule has 3 heterocycles. The molecule has 28 heavy (non-hydrogen) atoms. The van der Waals surface area contributed by atoms with Crippen LogP contribution >= 0.6 is 11.3 Å². The van der Waals surface area contributed by atoms with Crippen molar-refractivity contribution in [2.45, 2.75) is 33.0 Å². The number of fused-ring (bicyclic) bond motifs is 1. The number of thiophene rings is 1. The van der Waals surface area contributed by atoms with Gasteiger partial charge in [-0.05, 0) is 42.8 Å². The number of imidazole rings is 1. The van der Waals surface area contributed by atoms with Crippen LogP contribution in [0.15, 0.2) is 67.3 Å². The van der Waals surface area contributed by atoms with E-state index in [9.17, 15) is 4.79 Å². The number of benzene rings is 1. The zero-order valence-corrected chi connectivity index (χ0v) is 16.6. The molecule has 0 radical (unpaired) electrons. The van der Waals surface area contributed by atoms with E-state index in [0.717, 1.165) is 16.6 Å². The molecule has 0 N–H and O–H groups in total. The van der Waals surface area contributed by atoms with Crippen LogP contribution in [0.1, 0.15) is 21.7 Å². The van der Waals surface area contributed by atoms with Crippen LogP contribution in [-0.4, -0.2) is 25.3 Å². The SMILES string of the molecule is Cc1ccc(CN(Cc2cccnc2)C(=O)CCn2cnc3ccccc32)s1. The lowest BCUT2D eigenvalue weighted by Gasteiger charge is -2.22. The fraction of sp³-hybridized carbons (Fsp3) is 0.227. The average Bonchev–Trinajstić information content (AvgIpc) is 3.32. The number of para-hydroxylation sites is 2. The van der Waals surface area contributed by atoms with Gasteiger partial charge in [0.1, 0.15) is 0 Å². The summed E-state index contributed by atoms with van der Waals surface area (Å²) in [5, 5.41) is 0. The molecule has 6 heteroatoms. The first-order chi connectivity index (χ1) is 13.7. The van der Waals surface area contributed by atoms with E-state index in [4.69, 9.17) is 0 Å². The summed E-state index contributed by atoms with van der Waals surface area (Å²) < 4.78 is 2.05. The van der Waals surface area contributed by atoms with E-state index in [1.807, 2.05) is 58.4 Å². The quantitative estimate of drug-likeness (QED) is 0.469. The van der Waals surface area contributed by atoms with Crippen molar-refractivity contribution in [3.63, 3.8) is 0 Å². The summed E-state index contributed by atoms with van der Waals surface area (Å²) in [5.74, 6) is 0.132. The van der Waals surface area contributed by atoms with Crippen molar-refractivity contribution in [2.24, 2.45) is 0 Å². The highest BCUT2D eigenvalue weighted by atomic mass is 32.1. The Balaban J connectivity index is 1.48. The molecule has 1 aromatic carbocycles. The van der Waals surface area contributed by atoms with E-state index >= 15 is 0 Å². The summed E-state index contributed by atoms with van der Waals surface area (Å²) in [7, 11) is 0. The zero-order valence-electron chi connectivity index (χ0n) is 15.8. The van der Waals surface area contributed by atoms with Crippen molar-refractivity contribution < 1.29 is 4.79 Å². The van der Waals surface area contributed by atoms with E-state index in [1.165, 1.54) is 9.75 Å². The van der Waals surface area contributed by atoms with E-state index in [0.29, 0.717) is 26.1 Å². The van der Waals surface area contributed by atoms with Gasteiger partial charge in [-0.2, -0.15) is 0 Å². The molecular weight excluding hydrogens is 368 g/mol. The molecule has 0 unspecified atom stereocenters. The van der Waals surface area contributed by atoms with Gasteiger partial charge in [0.25, 0.3) is 0 Å². The summed E-state index contributed by atoms with van der Waals surface area (Å²) in [6.07, 6.45) is 5.82. The molecule has 1 amide bonds. The van der Waals surface area contributed by atoms with E-state index in [2.05, 4.69) is 29.0 Å². The Kier molecular flexibility index (Phi) is 5.48. The van der Waals surface area contributed by atoms with Gasteiger partial charge in [0.05, 0.1) is 23.9 Å². The summed E-state index contributed by atoms with van der Waals surface area (Å²) in [6.45, 7) is 3.89. The fourth-order valence-electron chi connectivity index (χ4n) is 3.27.